The summed E-state index contributed by atoms with van der Waals surface area (Å²) >= 11 is 0. The smallest absolute Gasteiger partial charge is 0.384 e. The molecule has 0 saturated heterocycles. The van der Waals surface area contributed by atoms with Crippen molar-refractivity contribution in [2.24, 2.45) is 0 Å². The van der Waals surface area contributed by atoms with Crippen molar-refractivity contribution in [2.75, 3.05) is 13.1 Å². The first-order chi connectivity index (χ1) is 9.99. The highest BCUT2D eigenvalue weighted by atomic mass is 16.6. The Morgan fingerprint density at radius 3 is 2.57 bits per heavy atom. The summed E-state index contributed by atoms with van der Waals surface area (Å²) in [4.78, 5) is 31.3. The summed E-state index contributed by atoms with van der Waals surface area (Å²) in [5.74, 6) is 2.82. The number of carboxylic acids is 1. The van der Waals surface area contributed by atoms with Gasteiger partial charge in [-0.25, -0.2) is 4.79 Å². The molecule has 0 aliphatic rings. The minimum atomic E-state index is -1.02. The fourth-order valence-corrected chi connectivity index (χ4v) is 1.25. The van der Waals surface area contributed by atoms with E-state index in [9.17, 15) is 19.7 Å². The van der Waals surface area contributed by atoms with Crippen LogP contribution in [0.25, 0.3) is 0 Å². The lowest BCUT2D eigenvalue weighted by atomic mass is 10.2. The second-order valence-electron chi connectivity index (χ2n) is 3.80. The molecular weight excluding hydrogens is 280 g/mol. The summed E-state index contributed by atoms with van der Waals surface area (Å²) in [6.45, 7) is -0.237. The number of hydrogen-bond acceptors (Lipinski definition) is 6. The fourth-order valence-electron chi connectivity index (χ4n) is 1.25. The number of esters is 1. The molecule has 21 heavy (non-hydrogen) atoms. The number of nitro groups is 1. The quantitative estimate of drug-likeness (QED) is 0.193. The predicted molar refractivity (Wildman–Crippen MR) is 71.2 cm³/mol. The maximum absolute atomic E-state index is 11.2. The molecule has 0 atom stereocenters. The molecule has 0 amide bonds. The summed E-state index contributed by atoms with van der Waals surface area (Å²) in [7, 11) is 0. The number of nitrogens with one attached hydrogen (secondary N) is 1. The second-order valence-corrected chi connectivity index (χ2v) is 3.80. The van der Waals surface area contributed by atoms with Crippen LogP contribution in [0.5, 0.6) is 0 Å². The lowest BCUT2D eigenvalue weighted by Crippen LogP contribution is -2.22. The number of aliphatic carboxylic acids is 1. The van der Waals surface area contributed by atoms with E-state index in [0.717, 1.165) is 0 Å². The van der Waals surface area contributed by atoms with Crippen LogP contribution >= 0.6 is 0 Å². The molecular formula is C13H12N2O6. The normalized spacial score (nSPS) is 9.33. The van der Waals surface area contributed by atoms with Gasteiger partial charge in [-0.15, -0.1) is 0 Å². The van der Waals surface area contributed by atoms with E-state index >= 15 is 0 Å². The first-order valence-electron chi connectivity index (χ1n) is 5.80. The lowest BCUT2D eigenvalue weighted by molar-refractivity contribution is -0.384. The van der Waals surface area contributed by atoms with Gasteiger partial charge in [0, 0.05) is 18.1 Å². The Bertz CT molecular complexity index is 585. The van der Waals surface area contributed by atoms with Crippen LogP contribution in [0.15, 0.2) is 24.3 Å². The Morgan fingerprint density at radius 1 is 1.33 bits per heavy atom. The number of nitro benzene ring substituents is 1. The van der Waals surface area contributed by atoms with E-state index in [1.54, 1.807) is 0 Å². The Morgan fingerprint density at radius 2 is 2.00 bits per heavy atom. The molecule has 0 bridgehead atoms. The third kappa shape index (κ3) is 6.70. The van der Waals surface area contributed by atoms with Crippen LogP contribution in [-0.2, 0) is 20.9 Å². The van der Waals surface area contributed by atoms with Crippen molar-refractivity contribution in [1.82, 2.24) is 5.32 Å². The second kappa shape index (κ2) is 8.29. The molecule has 0 aliphatic heterocycles. The largest absolute Gasteiger partial charge is 0.480 e. The summed E-state index contributed by atoms with van der Waals surface area (Å²) in [6, 6.07) is 5.58. The molecule has 2 N–H and O–H groups in total. The number of non-ortho nitro benzene ring substituents is 1. The molecule has 8 heteroatoms. The van der Waals surface area contributed by atoms with Gasteiger partial charge in [-0.05, 0) is 17.7 Å². The van der Waals surface area contributed by atoms with Crippen molar-refractivity contribution in [3.8, 4) is 11.8 Å². The van der Waals surface area contributed by atoms with Crippen LogP contribution in [0.1, 0.15) is 5.56 Å². The minimum Gasteiger partial charge on any atom is -0.480 e. The van der Waals surface area contributed by atoms with Crippen LogP contribution in [0.4, 0.5) is 5.69 Å². The number of carbonyl (C=O) groups excluding carboxylic acids is 1. The number of benzene rings is 1. The van der Waals surface area contributed by atoms with E-state index in [-0.39, 0.29) is 25.4 Å². The van der Waals surface area contributed by atoms with Gasteiger partial charge in [-0.1, -0.05) is 5.92 Å². The van der Waals surface area contributed by atoms with Crippen molar-refractivity contribution < 1.29 is 24.4 Å². The molecule has 0 spiro atoms. The maximum Gasteiger partial charge on any atom is 0.384 e. The number of nitrogens with zero attached hydrogens (tertiary/aromatic N) is 1. The predicted octanol–water partition coefficient (Wildman–Crippen LogP) is 0.316. The molecule has 0 aromatic heterocycles. The number of rotatable bonds is 6. The average molecular weight is 292 g/mol. The summed E-state index contributed by atoms with van der Waals surface area (Å²) in [5.41, 5.74) is 0.550. The number of hydrogen-bond donors (Lipinski definition) is 2. The van der Waals surface area contributed by atoms with E-state index in [0.29, 0.717) is 5.56 Å². The van der Waals surface area contributed by atoms with Crippen molar-refractivity contribution in [3.63, 3.8) is 0 Å². The Balaban J connectivity index is 2.34. The topological polar surface area (TPSA) is 119 Å². The molecule has 0 unspecified atom stereocenters. The molecule has 110 valence electrons. The highest BCUT2D eigenvalue weighted by Crippen LogP contribution is 2.12. The first-order valence-corrected chi connectivity index (χ1v) is 5.80. The van der Waals surface area contributed by atoms with Gasteiger partial charge in [0.1, 0.15) is 6.61 Å². The Labute approximate surface area is 119 Å². The van der Waals surface area contributed by atoms with E-state index in [4.69, 9.17) is 9.84 Å². The van der Waals surface area contributed by atoms with Gasteiger partial charge in [0.2, 0.25) is 0 Å². The standard InChI is InChI=1S/C13H12N2O6/c16-12(17)8-14-7-1-2-13(18)21-9-10-3-5-11(6-4-10)15(19)20/h3-6,14H,7-9H2,(H,16,17). The third-order valence-corrected chi connectivity index (χ3v) is 2.20. The zero-order valence-corrected chi connectivity index (χ0v) is 10.9. The molecule has 0 radical (unpaired) electrons. The molecule has 0 aliphatic carbocycles. The van der Waals surface area contributed by atoms with E-state index in [2.05, 4.69) is 17.2 Å². The summed E-state index contributed by atoms with van der Waals surface area (Å²) in [5, 5.41) is 21.3. The van der Waals surface area contributed by atoms with Crippen LogP contribution < -0.4 is 5.32 Å². The average Bonchev–Trinajstić information content (AvgIpc) is 2.44. The van der Waals surface area contributed by atoms with E-state index in [1.165, 1.54) is 24.3 Å². The van der Waals surface area contributed by atoms with Crippen LogP contribution in [0.3, 0.4) is 0 Å². The zero-order chi connectivity index (χ0) is 15.7. The summed E-state index contributed by atoms with van der Waals surface area (Å²) < 4.78 is 4.83. The minimum absolute atomic E-state index is 0.0469. The van der Waals surface area contributed by atoms with Gasteiger partial charge >= 0.3 is 11.9 Å². The third-order valence-electron chi connectivity index (χ3n) is 2.20. The van der Waals surface area contributed by atoms with E-state index in [1.807, 2.05) is 0 Å². The van der Waals surface area contributed by atoms with Crippen LogP contribution in [-0.4, -0.2) is 35.1 Å². The van der Waals surface area contributed by atoms with Crippen molar-refractivity contribution in [3.05, 3.63) is 39.9 Å². The molecule has 1 rings (SSSR count). The molecule has 1 aromatic carbocycles. The molecule has 1 aromatic rings. The number of carboxylic acid groups (broad SMARTS) is 1. The molecule has 0 saturated carbocycles. The van der Waals surface area contributed by atoms with E-state index < -0.39 is 16.9 Å². The maximum atomic E-state index is 11.2. The Kier molecular flexibility index (Phi) is 6.37. The SMILES string of the molecule is O=C(O)CNCC#CC(=O)OCc1ccc([N+](=O)[O-])cc1. The van der Waals surface area contributed by atoms with Gasteiger partial charge < -0.3 is 9.84 Å². The fraction of sp³-hybridized carbons (Fsp3) is 0.231. The Hall–Kier alpha value is -2.92. The highest BCUT2D eigenvalue weighted by molar-refractivity contribution is 5.88. The van der Waals surface area contributed by atoms with Gasteiger partial charge in [0.05, 0.1) is 18.0 Å². The van der Waals surface area contributed by atoms with Crippen LogP contribution in [0.2, 0.25) is 0 Å². The summed E-state index contributed by atoms with van der Waals surface area (Å²) in [6.07, 6.45) is 0. The van der Waals surface area contributed by atoms with Gasteiger partial charge in [-0.2, -0.15) is 0 Å². The first kappa shape index (κ1) is 16.1. The zero-order valence-electron chi connectivity index (χ0n) is 10.9. The van der Waals surface area contributed by atoms with Gasteiger partial charge in [-0.3, -0.25) is 20.2 Å². The lowest BCUT2D eigenvalue weighted by Gasteiger charge is -2.00. The van der Waals surface area contributed by atoms with Gasteiger partial charge in [0.25, 0.3) is 5.69 Å². The van der Waals surface area contributed by atoms with Crippen LogP contribution in [0, 0.1) is 22.0 Å². The van der Waals surface area contributed by atoms with Gasteiger partial charge in [0.15, 0.2) is 0 Å². The van der Waals surface area contributed by atoms with Crippen molar-refractivity contribution >= 4 is 17.6 Å². The highest BCUT2D eigenvalue weighted by Gasteiger charge is 2.05. The number of ether oxygens (including phenoxy) is 1. The number of carbonyl (C=O) groups is 2. The molecule has 0 fully saturated rings. The van der Waals surface area contributed by atoms with Crippen molar-refractivity contribution in [1.29, 1.82) is 0 Å². The monoisotopic (exact) mass is 292 g/mol. The van der Waals surface area contributed by atoms with Crippen molar-refractivity contribution in [2.45, 2.75) is 6.61 Å². The molecule has 8 nitrogen and oxygen atoms in total. The molecule has 0 heterocycles.